The minimum atomic E-state index is 0.0657. The lowest BCUT2D eigenvalue weighted by Gasteiger charge is -2.24. The summed E-state index contributed by atoms with van der Waals surface area (Å²) in [5.41, 5.74) is 7.30. The molecule has 0 bridgehead atoms. The van der Waals surface area contributed by atoms with Crippen molar-refractivity contribution >= 4 is 0 Å². The molecule has 0 saturated heterocycles. The summed E-state index contributed by atoms with van der Waals surface area (Å²) in [6, 6.07) is 4.64. The van der Waals surface area contributed by atoms with Gasteiger partial charge in [-0.3, -0.25) is 0 Å². The van der Waals surface area contributed by atoms with Crippen molar-refractivity contribution in [2.75, 3.05) is 0 Å². The topological polar surface area (TPSA) is 28.7 Å². The molecule has 118 valence electrons. The summed E-state index contributed by atoms with van der Waals surface area (Å²) >= 11 is 0. The van der Waals surface area contributed by atoms with Gasteiger partial charge in [0, 0.05) is 11.0 Å². The van der Waals surface area contributed by atoms with Crippen molar-refractivity contribution in [2.24, 2.45) is 0 Å². The highest BCUT2D eigenvalue weighted by molar-refractivity contribution is 5.67. The Morgan fingerprint density at radius 2 is 1.73 bits per heavy atom. The van der Waals surface area contributed by atoms with E-state index in [2.05, 4.69) is 56.7 Å². The third-order valence-electron chi connectivity index (χ3n) is 4.77. The van der Waals surface area contributed by atoms with Gasteiger partial charge in [-0.1, -0.05) is 46.8 Å². The summed E-state index contributed by atoms with van der Waals surface area (Å²) in [6.07, 6.45) is 7.08. The first-order valence-electron chi connectivity index (χ1n) is 8.58. The van der Waals surface area contributed by atoms with Gasteiger partial charge in [-0.15, -0.1) is 0 Å². The van der Waals surface area contributed by atoms with Crippen molar-refractivity contribution in [1.82, 2.24) is 9.97 Å². The highest BCUT2D eigenvalue weighted by Gasteiger charge is 2.22. The number of imidazole rings is 1. The summed E-state index contributed by atoms with van der Waals surface area (Å²) in [5.74, 6) is 1.67. The van der Waals surface area contributed by atoms with Crippen LogP contribution >= 0.6 is 0 Å². The Kier molecular flexibility index (Phi) is 3.88. The number of hydrogen-bond donors (Lipinski definition) is 1. The first-order chi connectivity index (χ1) is 10.4. The van der Waals surface area contributed by atoms with E-state index in [-0.39, 0.29) is 5.41 Å². The van der Waals surface area contributed by atoms with E-state index in [1.54, 1.807) is 11.1 Å². The van der Waals surface area contributed by atoms with Gasteiger partial charge in [-0.05, 0) is 48.3 Å². The first kappa shape index (κ1) is 15.3. The summed E-state index contributed by atoms with van der Waals surface area (Å²) in [7, 11) is 0. The van der Waals surface area contributed by atoms with Crippen LogP contribution in [-0.2, 0) is 18.3 Å². The molecule has 1 aliphatic carbocycles. The van der Waals surface area contributed by atoms with Crippen molar-refractivity contribution in [2.45, 2.75) is 71.6 Å². The number of hydrogen-bond acceptors (Lipinski definition) is 1. The maximum absolute atomic E-state index is 4.61. The zero-order valence-corrected chi connectivity index (χ0v) is 14.6. The molecule has 0 spiro atoms. The van der Waals surface area contributed by atoms with Crippen LogP contribution in [0.3, 0.4) is 0 Å². The van der Waals surface area contributed by atoms with E-state index in [4.69, 9.17) is 0 Å². The van der Waals surface area contributed by atoms with Gasteiger partial charge in [0.05, 0.1) is 11.9 Å². The molecular formula is C20H28N2. The van der Waals surface area contributed by atoms with Gasteiger partial charge in [0.1, 0.15) is 5.82 Å². The number of nitrogens with one attached hydrogen (secondary N) is 1. The van der Waals surface area contributed by atoms with Crippen LogP contribution in [0.2, 0.25) is 0 Å². The standard InChI is InChI=1S/C20H28N2/c1-13(2)14-10-11-17(16-9-7-6-8-15(14)16)18-12-21-19(22-18)20(3,4)5/h10-13H,6-9H2,1-5H3,(H,21,22). The molecule has 0 unspecified atom stereocenters. The fourth-order valence-corrected chi connectivity index (χ4v) is 3.53. The maximum atomic E-state index is 4.61. The van der Waals surface area contributed by atoms with E-state index >= 15 is 0 Å². The molecule has 0 saturated carbocycles. The SMILES string of the molecule is CC(C)c1ccc(-c2cnc(C(C)(C)C)[nH]2)c2c1CCCC2. The average molecular weight is 296 g/mol. The van der Waals surface area contributed by atoms with Crippen molar-refractivity contribution in [3.8, 4) is 11.3 Å². The first-order valence-corrected chi connectivity index (χ1v) is 8.58. The van der Waals surface area contributed by atoms with Crippen LogP contribution in [0.4, 0.5) is 0 Å². The van der Waals surface area contributed by atoms with Gasteiger partial charge in [0.15, 0.2) is 0 Å². The quantitative estimate of drug-likeness (QED) is 0.792. The third-order valence-corrected chi connectivity index (χ3v) is 4.77. The zero-order valence-electron chi connectivity index (χ0n) is 14.6. The fourth-order valence-electron chi connectivity index (χ4n) is 3.53. The Hall–Kier alpha value is -1.57. The number of rotatable bonds is 2. The maximum Gasteiger partial charge on any atom is 0.111 e. The zero-order chi connectivity index (χ0) is 15.9. The smallest absolute Gasteiger partial charge is 0.111 e. The molecule has 2 heteroatoms. The molecule has 1 aromatic heterocycles. The van der Waals surface area contributed by atoms with Gasteiger partial charge in [0.2, 0.25) is 0 Å². The van der Waals surface area contributed by atoms with E-state index in [1.165, 1.54) is 42.5 Å². The van der Waals surface area contributed by atoms with E-state index in [0.717, 1.165) is 5.82 Å². The van der Waals surface area contributed by atoms with Gasteiger partial charge >= 0.3 is 0 Å². The largest absolute Gasteiger partial charge is 0.342 e. The van der Waals surface area contributed by atoms with Gasteiger partial charge in [-0.2, -0.15) is 0 Å². The van der Waals surface area contributed by atoms with E-state index < -0.39 is 0 Å². The van der Waals surface area contributed by atoms with Gasteiger partial charge < -0.3 is 4.98 Å². The normalized spacial score (nSPS) is 15.2. The molecule has 22 heavy (non-hydrogen) atoms. The molecular weight excluding hydrogens is 268 g/mol. The Morgan fingerprint density at radius 3 is 2.32 bits per heavy atom. The molecule has 1 N–H and O–H groups in total. The molecule has 0 radical (unpaired) electrons. The summed E-state index contributed by atoms with van der Waals surface area (Å²) in [6.45, 7) is 11.2. The predicted molar refractivity (Wildman–Crippen MR) is 93.5 cm³/mol. The second-order valence-electron chi connectivity index (χ2n) is 7.92. The lowest BCUT2D eigenvalue weighted by Crippen LogP contribution is -2.13. The lowest BCUT2D eigenvalue weighted by molar-refractivity contribution is 0.553. The lowest BCUT2D eigenvalue weighted by atomic mass is 9.81. The molecule has 0 amide bonds. The minimum absolute atomic E-state index is 0.0657. The summed E-state index contributed by atoms with van der Waals surface area (Å²) in [5, 5.41) is 0. The minimum Gasteiger partial charge on any atom is -0.342 e. The number of H-pyrrole nitrogens is 1. The molecule has 1 heterocycles. The van der Waals surface area contributed by atoms with E-state index in [9.17, 15) is 0 Å². The summed E-state index contributed by atoms with van der Waals surface area (Å²) in [4.78, 5) is 8.17. The highest BCUT2D eigenvalue weighted by Crippen LogP contribution is 2.36. The number of fused-ring (bicyclic) bond motifs is 1. The van der Waals surface area contributed by atoms with E-state index in [0.29, 0.717) is 5.92 Å². The Morgan fingerprint density at radius 1 is 1.05 bits per heavy atom. The highest BCUT2D eigenvalue weighted by atomic mass is 14.9. The summed E-state index contributed by atoms with van der Waals surface area (Å²) < 4.78 is 0. The van der Waals surface area contributed by atoms with Crippen LogP contribution in [0.25, 0.3) is 11.3 Å². The Bertz CT molecular complexity index is 672. The second kappa shape index (κ2) is 5.57. The molecule has 1 aliphatic rings. The van der Waals surface area contributed by atoms with Gasteiger partial charge in [0.25, 0.3) is 0 Å². The molecule has 0 atom stereocenters. The van der Waals surface area contributed by atoms with Crippen LogP contribution in [-0.4, -0.2) is 9.97 Å². The molecule has 2 aromatic rings. The number of benzene rings is 1. The second-order valence-corrected chi connectivity index (χ2v) is 7.92. The average Bonchev–Trinajstić information content (AvgIpc) is 2.95. The van der Waals surface area contributed by atoms with Crippen LogP contribution in [0.15, 0.2) is 18.3 Å². The van der Waals surface area contributed by atoms with Crippen LogP contribution < -0.4 is 0 Å². The van der Waals surface area contributed by atoms with Gasteiger partial charge in [-0.25, -0.2) is 4.98 Å². The Labute approximate surface area is 134 Å². The van der Waals surface area contributed by atoms with Crippen molar-refractivity contribution < 1.29 is 0 Å². The number of aromatic nitrogens is 2. The Balaban J connectivity index is 2.10. The monoisotopic (exact) mass is 296 g/mol. The van der Waals surface area contributed by atoms with Crippen LogP contribution in [0, 0.1) is 0 Å². The van der Waals surface area contributed by atoms with Crippen LogP contribution in [0.1, 0.15) is 75.9 Å². The molecule has 0 aliphatic heterocycles. The third kappa shape index (κ3) is 2.71. The van der Waals surface area contributed by atoms with E-state index in [1.807, 2.05) is 6.20 Å². The van der Waals surface area contributed by atoms with Crippen molar-refractivity contribution in [3.05, 3.63) is 40.8 Å². The van der Waals surface area contributed by atoms with Crippen molar-refractivity contribution in [1.29, 1.82) is 0 Å². The number of nitrogens with zero attached hydrogens (tertiary/aromatic N) is 1. The van der Waals surface area contributed by atoms with Crippen molar-refractivity contribution in [3.63, 3.8) is 0 Å². The predicted octanol–water partition coefficient (Wildman–Crippen LogP) is 5.38. The van der Waals surface area contributed by atoms with Crippen LogP contribution in [0.5, 0.6) is 0 Å². The molecule has 1 aromatic carbocycles. The fraction of sp³-hybridized carbons (Fsp3) is 0.550. The molecule has 3 rings (SSSR count). The molecule has 2 nitrogen and oxygen atoms in total. The molecule has 0 fully saturated rings. The number of aromatic amines is 1.